The van der Waals surface area contributed by atoms with Crippen molar-refractivity contribution in [3.8, 4) is 0 Å². The standard InChI is InChI=1S/C24H24N2O5S2/c1-17-12-13-20(14-18(17)2)33(29,30)25-15-24(28)31-16-23(27)26-21-10-6-7-11-22(21)32-19-8-4-3-5-9-19/h3-14,25H,15-16H2,1-2H3,(H,26,27). The lowest BCUT2D eigenvalue weighted by molar-refractivity contribution is -0.146. The van der Waals surface area contributed by atoms with Crippen LogP contribution in [0.1, 0.15) is 11.1 Å². The Morgan fingerprint density at radius 3 is 2.33 bits per heavy atom. The van der Waals surface area contributed by atoms with Gasteiger partial charge in [0.05, 0.1) is 10.6 Å². The van der Waals surface area contributed by atoms with Crippen LogP contribution in [0.3, 0.4) is 0 Å². The van der Waals surface area contributed by atoms with Crippen molar-refractivity contribution in [2.24, 2.45) is 0 Å². The topological polar surface area (TPSA) is 102 Å². The third-order valence-electron chi connectivity index (χ3n) is 4.69. The molecule has 0 radical (unpaired) electrons. The predicted molar refractivity (Wildman–Crippen MR) is 128 cm³/mol. The van der Waals surface area contributed by atoms with E-state index in [0.717, 1.165) is 20.9 Å². The number of amides is 1. The van der Waals surface area contributed by atoms with E-state index >= 15 is 0 Å². The number of ether oxygens (including phenoxy) is 1. The molecule has 0 fully saturated rings. The number of benzene rings is 3. The third kappa shape index (κ3) is 7.18. The fraction of sp³-hybridized carbons (Fsp3) is 0.167. The molecule has 0 saturated carbocycles. The fourth-order valence-corrected chi connectivity index (χ4v) is 4.75. The highest BCUT2D eigenvalue weighted by atomic mass is 32.2. The molecule has 0 aliphatic carbocycles. The molecule has 0 heterocycles. The van der Waals surface area contributed by atoms with Crippen LogP contribution in [0.15, 0.2) is 87.5 Å². The Hall–Kier alpha value is -3.14. The van der Waals surface area contributed by atoms with Gasteiger partial charge in [0.2, 0.25) is 10.0 Å². The minimum atomic E-state index is -3.87. The zero-order valence-corrected chi connectivity index (χ0v) is 19.8. The molecule has 2 N–H and O–H groups in total. The number of carbonyl (C=O) groups excluding carboxylic acids is 2. The Labute approximate surface area is 197 Å². The summed E-state index contributed by atoms with van der Waals surface area (Å²) in [4.78, 5) is 26.2. The second kappa shape index (κ2) is 11.1. The first kappa shape index (κ1) is 24.5. The molecule has 172 valence electrons. The zero-order valence-electron chi connectivity index (χ0n) is 18.2. The van der Waals surface area contributed by atoms with Gasteiger partial charge in [-0.15, -0.1) is 0 Å². The van der Waals surface area contributed by atoms with Gasteiger partial charge in [-0.1, -0.05) is 48.2 Å². The van der Waals surface area contributed by atoms with Crippen LogP contribution in [-0.4, -0.2) is 33.4 Å². The van der Waals surface area contributed by atoms with E-state index in [4.69, 9.17) is 4.74 Å². The van der Waals surface area contributed by atoms with Gasteiger partial charge in [0.1, 0.15) is 6.54 Å². The predicted octanol–water partition coefficient (Wildman–Crippen LogP) is 3.91. The van der Waals surface area contributed by atoms with Gasteiger partial charge in [-0.05, 0) is 61.4 Å². The molecule has 33 heavy (non-hydrogen) atoms. The summed E-state index contributed by atoms with van der Waals surface area (Å²) in [6.07, 6.45) is 0. The number of hydrogen-bond donors (Lipinski definition) is 2. The number of carbonyl (C=O) groups is 2. The molecule has 3 aromatic carbocycles. The number of nitrogens with one attached hydrogen (secondary N) is 2. The van der Waals surface area contributed by atoms with Gasteiger partial charge in [0.25, 0.3) is 5.91 Å². The second-order valence-electron chi connectivity index (χ2n) is 7.19. The summed E-state index contributed by atoms with van der Waals surface area (Å²) >= 11 is 1.49. The molecule has 9 heteroatoms. The lowest BCUT2D eigenvalue weighted by Gasteiger charge is -2.11. The minimum absolute atomic E-state index is 0.0590. The molecular formula is C24H24N2O5S2. The summed E-state index contributed by atoms with van der Waals surface area (Å²) in [7, 11) is -3.87. The Morgan fingerprint density at radius 1 is 0.909 bits per heavy atom. The van der Waals surface area contributed by atoms with E-state index in [0.29, 0.717) is 5.69 Å². The van der Waals surface area contributed by atoms with E-state index in [1.165, 1.54) is 23.9 Å². The average Bonchev–Trinajstić information content (AvgIpc) is 2.80. The highest BCUT2D eigenvalue weighted by Crippen LogP contribution is 2.33. The van der Waals surface area contributed by atoms with E-state index in [2.05, 4.69) is 10.0 Å². The molecule has 0 unspecified atom stereocenters. The van der Waals surface area contributed by atoms with Crippen LogP contribution in [0.5, 0.6) is 0 Å². The van der Waals surface area contributed by atoms with Crippen LogP contribution in [0, 0.1) is 13.8 Å². The van der Waals surface area contributed by atoms with Gasteiger partial charge < -0.3 is 10.1 Å². The Morgan fingerprint density at radius 2 is 1.61 bits per heavy atom. The summed E-state index contributed by atoms with van der Waals surface area (Å²) in [5.74, 6) is -1.38. The van der Waals surface area contributed by atoms with Crippen LogP contribution in [-0.2, 0) is 24.3 Å². The molecule has 7 nitrogen and oxygen atoms in total. The van der Waals surface area contributed by atoms with Gasteiger partial charge in [-0.2, -0.15) is 4.72 Å². The first-order chi connectivity index (χ1) is 15.7. The summed E-state index contributed by atoms with van der Waals surface area (Å²) in [5.41, 5.74) is 2.37. The molecule has 0 aromatic heterocycles. The average molecular weight is 485 g/mol. The molecule has 1 amide bonds. The van der Waals surface area contributed by atoms with E-state index in [9.17, 15) is 18.0 Å². The van der Waals surface area contributed by atoms with E-state index in [1.54, 1.807) is 25.1 Å². The van der Waals surface area contributed by atoms with Crippen LogP contribution in [0.4, 0.5) is 5.69 Å². The van der Waals surface area contributed by atoms with Crippen molar-refractivity contribution in [3.63, 3.8) is 0 Å². The molecule has 0 bridgehead atoms. The largest absolute Gasteiger partial charge is 0.455 e. The molecule has 0 saturated heterocycles. The third-order valence-corrected chi connectivity index (χ3v) is 7.17. The monoisotopic (exact) mass is 484 g/mol. The highest BCUT2D eigenvalue weighted by Gasteiger charge is 2.17. The van der Waals surface area contributed by atoms with Crippen LogP contribution in [0.2, 0.25) is 0 Å². The number of sulfonamides is 1. The molecule has 3 aromatic rings. The van der Waals surface area contributed by atoms with Crippen molar-refractivity contribution >= 4 is 39.3 Å². The first-order valence-corrected chi connectivity index (χ1v) is 12.4. The number of para-hydroxylation sites is 1. The quantitative estimate of drug-likeness (QED) is 0.447. The number of rotatable bonds is 9. The van der Waals surface area contributed by atoms with E-state index < -0.39 is 35.1 Å². The molecular weight excluding hydrogens is 460 g/mol. The summed E-state index contributed by atoms with van der Waals surface area (Å²) in [5, 5.41) is 2.72. The Bertz CT molecular complexity index is 1240. The van der Waals surface area contributed by atoms with Crippen LogP contribution >= 0.6 is 11.8 Å². The maximum Gasteiger partial charge on any atom is 0.321 e. The second-order valence-corrected chi connectivity index (χ2v) is 10.1. The van der Waals surface area contributed by atoms with Crippen molar-refractivity contribution in [2.45, 2.75) is 28.5 Å². The maximum atomic E-state index is 12.4. The van der Waals surface area contributed by atoms with Crippen LogP contribution in [0.25, 0.3) is 0 Å². The van der Waals surface area contributed by atoms with Crippen molar-refractivity contribution in [3.05, 3.63) is 83.9 Å². The van der Waals surface area contributed by atoms with Crippen LogP contribution < -0.4 is 10.0 Å². The lowest BCUT2D eigenvalue weighted by Crippen LogP contribution is -2.32. The van der Waals surface area contributed by atoms with E-state index in [-0.39, 0.29) is 4.90 Å². The number of aryl methyl sites for hydroxylation is 2. The van der Waals surface area contributed by atoms with Gasteiger partial charge in [-0.25, -0.2) is 8.42 Å². The first-order valence-electron chi connectivity index (χ1n) is 10.1. The SMILES string of the molecule is Cc1ccc(S(=O)(=O)NCC(=O)OCC(=O)Nc2ccccc2Sc2ccccc2)cc1C. The number of esters is 1. The van der Waals surface area contributed by atoms with Gasteiger partial charge in [0.15, 0.2) is 6.61 Å². The lowest BCUT2D eigenvalue weighted by atomic mass is 10.1. The van der Waals surface area contributed by atoms with E-state index in [1.807, 2.05) is 49.4 Å². The summed E-state index contributed by atoms with van der Waals surface area (Å²) in [6, 6.07) is 21.7. The smallest absolute Gasteiger partial charge is 0.321 e. The fourth-order valence-electron chi connectivity index (χ4n) is 2.78. The van der Waals surface area contributed by atoms with Crippen molar-refractivity contribution in [2.75, 3.05) is 18.5 Å². The molecule has 0 spiro atoms. The van der Waals surface area contributed by atoms with Crippen molar-refractivity contribution < 1.29 is 22.7 Å². The number of hydrogen-bond acceptors (Lipinski definition) is 6. The van der Waals surface area contributed by atoms with Gasteiger partial charge in [-0.3, -0.25) is 9.59 Å². The summed E-state index contributed by atoms with van der Waals surface area (Å²) in [6.45, 7) is 2.57. The van der Waals surface area contributed by atoms with Crippen molar-refractivity contribution in [1.29, 1.82) is 0 Å². The number of anilines is 1. The maximum absolute atomic E-state index is 12.4. The van der Waals surface area contributed by atoms with Gasteiger partial charge >= 0.3 is 5.97 Å². The zero-order chi connectivity index (χ0) is 23.8. The normalized spacial score (nSPS) is 11.1. The highest BCUT2D eigenvalue weighted by molar-refractivity contribution is 7.99. The Kier molecular flexibility index (Phi) is 8.26. The summed E-state index contributed by atoms with van der Waals surface area (Å²) < 4.78 is 31.9. The molecule has 0 aliphatic heterocycles. The van der Waals surface area contributed by atoms with Gasteiger partial charge in [0, 0.05) is 9.79 Å². The molecule has 0 aliphatic rings. The minimum Gasteiger partial charge on any atom is -0.455 e. The van der Waals surface area contributed by atoms with Crippen molar-refractivity contribution in [1.82, 2.24) is 4.72 Å². The molecule has 3 rings (SSSR count). The Balaban J connectivity index is 1.51. The molecule has 0 atom stereocenters.